The standard InChI is InChI=1S/C18H16BrNO/c1-2-4-12-5-3-6-13(9-12)10-16-15-11-14(19)7-8-17(15)20-18(16)21/h3,5-11H,2,4H2,1H3,(H,20,21). The van der Waals surface area contributed by atoms with E-state index in [2.05, 4.69) is 40.3 Å². The number of amides is 1. The van der Waals surface area contributed by atoms with Gasteiger partial charge in [0, 0.05) is 21.3 Å². The Morgan fingerprint density at radius 1 is 1.19 bits per heavy atom. The van der Waals surface area contributed by atoms with Crippen LogP contribution in [0.25, 0.3) is 11.6 Å². The maximum atomic E-state index is 12.2. The minimum atomic E-state index is -0.0380. The number of aryl methyl sites for hydroxylation is 1. The van der Waals surface area contributed by atoms with Gasteiger partial charge in [-0.2, -0.15) is 0 Å². The minimum Gasteiger partial charge on any atom is -0.321 e. The first-order chi connectivity index (χ1) is 10.2. The molecular formula is C18H16BrNO. The van der Waals surface area contributed by atoms with E-state index in [-0.39, 0.29) is 5.91 Å². The van der Waals surface area contributed by atoms with Crippen molar-refractivity contribution in [2.75, 3.05) is 5.32 Å². The van der Waals surface area contributed by atoms with Gasteiger partial charge in [0.1, 0.15) is 0 Å². The first-order valence-electron chi connectivity index (χ1n) is 7.09. The Balaban J connectivity index is 2.02. The second kappa shape index (κ2) is 5.86. The Kier molecular flexibility index (Phi) is 3.93. The van der Waals surface area contributed by atoms with E-state index in [1.165, 1.54) is 5.56 Å². The van der Waals surface area contributed by atoms with Crippen LogP contribution < -0.4 is 5.32 Å². The van der Waals surface area contributed by atoms with Crippen LogP contribution in [0.15, 0.2) is 46.9 Å². The molecule has 1 aliphatic rings. The van der Waals surface area contributed by atoms with Crippen LogP contribution in [-0.2, 0) is 11.2 Å². The Morgan fingerprint density at radius 2 is 2.05 bits per heavy atom. The molecule has 1 aliphatic heterocycles. The average molecular weight is 342 g/mol. The molecule has 1 N–H and O–H groups in total. The molecule has 0 unspecified atom stereocenters. The molecule has 3 rings (SSSR count). The average Bonchev–Trinajstić information content (AvgIpc) is 2.76. The van der Waals surface area contributed by atoms with Crippen molar-refractivity contribution >= 4 is 39.2 Å². The lowest BCUT2D eigenvalue weighted by molar-refractivity contribution is -0.110. The zero-order chi connectivity index (χ0) is 14.8. The van der Waals surface area contributed by atoms with Crippen molar-refractivity contribution in [3.8, 4) is 0 Å². The molecule has 0 spiro atoms. The first kappa shape index (κ1) is 14.1. The molecule has 21 heavy (non-hydrogen) atoms. The lowest BCUT2D eigenvalue weighted by Gasteiger charge is -2.02. The quantitative estimate of drug-likeness (QED) is 0.790. The van der Waals surface area contributed by atoms with Crippen molar-refractivity contribution in [2.45, 2.75) is 19.8 Å². The number of fused-ring (bicyclic) bond motifs is 1. The van der Waals surface area contributed by atoms with Crippen molar-refractivity contribution in [2.24, 2.45) is 0 Å². The van der Waals surface area contributed by atoms with E-state index in [0.29, 0.717) is 0 Å². The molecule has 0 bridgehead atoms. The van der Waals surface area contributed by atoms with Crippen LogP contribution in [-0.4, -0.2) is 5.91 Å². The molecule has 3 heteroatoms. The molecule has 0 fully saturated rings. The van der Waals surface area contributed by atoms with Crippen LogP contribution in [0.5, 0.6) is 0 Å². The van der Waals surface area contributed by atoms with Crippen LogP contribution in [0, 0.1) is 0 Å². The summed E-state index contributed by atoms with van der Waals surface area (Å²) in [6, 6.07) is 14.2. The third kappa shape index (κ3) is 2.93. The Hall–Kier alpha value is -1.87. The number of halogens is 1. The SMILES string of the molecule is CCCc1cccc(C=C2C(=O)Nc3ccc(Br)cc32)c1. The van der Waals surface area contributed by atoms with Crippen molar-refractivity contribution in [1.82, 2.24) is 0 Å². The second-order valence-electron chi connectivity index (χ2n) is 5.20. The monoisotopic (exact) mass is 341 g/mol. The normalized spacial score (nSPS) is 15.1. The van der Waals surface area contributed by atoms with Crippen LogP contribution in [0.3, 0.4) is 0 Å². The summed E-state index contributed by atoms with van der Waals surface area (Å²) in [4.78, 5) is 12.2. The van der Waals surface area contributed by atoms with E-state index in [1.54, 1.807) is 0 Å². The molecule has 0 radical (unpaired) electrons. The summed E-state index contributed by atoms with van der Waals surface area (Å²) < 4.78 is 0.975. The number of hydrogen-bond donors (Lipinski definition) is 1. The summed E-state index contributed by atoms with van der Waals surface area (Å²) in [5.41, 5.74) is 4.92. The molecule has 2 aromatic rings. The van der Waals surface area contributed by atoms with E-state index in [4.69, 9.17) is 0 Å². The van der Waals surface area contributed by atoms with Gasteiger partial charge in [-0.3, -0.25) is 4.79 Å². The molecule has 1 amide bonds. The highest BCUT2D eigenvalue weighted by atomic mass is 79.9. The molecular weight excluding hydrogens is 326 g/mol. The topological polar surface area (TPSA) is 29.1 Å². The number of carbonyl (C=O) groups is 1. The lowest BCUT2D eigenvalue weighted by atomic mass is 10.0. The third-order valence-corrected chi connectivity index (χ3v) is 4.06. The van der Waals surface area contributed by atoms with Gasteiger partial charge in [-0.25, -0.2) is 0 Å². The predicted molar refractivity (Wildman–Crippen MR) is 91.1 cm³/mol. The van der Waals surface area contributed by atoms with Gasteiger partial charge in [0.05, 0.1) is 0 Å². The second-order valence-corrected chi connectivity index (χ2v) is 6.11. The summed E-state index contributed by atoms with van der Waals surface area (Å²) in [6.45, 7) is 2.17. The van der Waals surface area contributed by atoms with E-state index in [9.17, 15) is 4.79 Å². The van der Waals surface area contributed by atoms with Crippen molar-refractivity contribution < 1.29 is 4.79 Å². The van der Waals surface area contributed by atoms with Gasteiger partial charge in [-0.1, -0.05) is 53.5 Å². The molecule has 1 heterocycles. The highest BCUT2D eigenvalue weighted by Gasteiger charge is 2.23. The summed E-state index contributed by atoms with van der Waals surface area (Å²) >= 11 is 3.46. The minimum absolute atomic E-state index is 0.0380. The maximum absolute atomic E-state index is 12.2. The molecule has 106 valence electrons. The fourth-order valence-electron chi connectivity index (χ4n) is 2.60. The number of benzene rings is 2. The van der Waals surface area contributed by atoms with Crippen molar-refractivity contribution in [3.05, 3.63) is 63.6 Å². The zero-order valence-corrected chi connectivity index (χ0v) is 13.4. The van der Waals surface area contributed by atoms with Crippen LogP contribution >= 0.6 is 15.9 Å². The van der Waals surface area contributed by atoms with E-state index in [0.717, 1.165) is 39.7 Å². The first-order valence-corrected chi connectivity index (χ1v) is 7.88. The van der Waals surface area contributed by atoms with Gasteiger partial charge in [0.25, 0.3) is 5.91 Å². The Bertz CT molecular complexity index is 734. The number of anilines is 1. The number of rotatable bonds is 3. The smallest absolute Gasteiger partial charge is 0.256 e. The molecule has 0 saturated carbocycles. The summed E-state index contributed by atoms with van der Waals surface area (Å²) in [5, 5.41) is 2.91. The Labute approximate surface area is 133 Å². The van der Waals surface area contributed by atoms with Gasteiger partial charge < -0.3 is 5.32 Å². The predicted octanol–water partition coefficient (Wildman–Crippen LogP) is 4.89. The third-order valence-electron chi connectivity index (χ3n) is 3.57. The largest absolute Gasteiger partial charge is 0.321 e. The van der Waals surface area contributed by atoms with E-state index in [1.807, 2.05) is 36.4 Å². The zero-order valence-electron chi connectivity index (χ0n) is 11.8. The van der Waals surface area contributed by atoms with Crippen molar-refractivity contribution in [3.63, 3.8) is 0 Å². The van der Waals surface area contributed by atoms with Crippen molar-refractivity contribution in [1.29, 1.82) is 0 Å². The number of nitrogens with one attached hydrogen (secondary N) is 1. The maximum Gasteiger partial charge on any atom is 0.256 e. The summed E-state index contributed by atoms with van der Waals surface area (Å²) in [7, 11) is 0. The summed E-state index contributed by atoms with van der Waals surface area (Å²) in [6.07, 6.45) is 4.15. The summed E-state index contributed by atoms with van der Waals surface area (Å²) in [5.74, 6) is -0.0380. The van der Waals surface area contributed by atoms with Gasteiger partial charge >= 0.3 is 0 Å². The molecule has 0 aromatic heterocycles. The fourth-order valence-corrected chi connectivity index (χ4v) is 2.96. The van der Waals surface area contributed by atoms with Crippen LogP contribution in [0.4, 0.5) is 5.69 Å². The molecule has 2 nitrogen and oxygen atoms in total. The van der Waals surface area contributed by atoms with Gasteiger partial charge in [0.15, 0.2) is 0 Å². The number of hydrogen-bond acceptors (Lipinski definition) is 1. The molecule has 0 aliphatic carbocycles. The van der Waals surface area contributed by atoms with E-state index < -0.39 is 0 Å². The van der Waals surface area contributed by atoms with Gasteiger partial charge in [-0.05, 0) is 41.8 Å². The highest BCUT2D eigenvalue weighted by Crippen LogP contribution is 2.35. The highest BCUT2D eigenvalue weighted by molar-refractivity contribution is 9.10. The molecule has 0 atom stereocenters. The molecule has 0 saturated heterocycles. The van der Waals surface area contributed by atoms with Gasteiger partial charge in [-0.15, -0.1) is 0 Å². The lowest BCUT2D eigenvalue weighted by Crippen LogP contribution is -2.03. The van der Waals surface area contributed by atoms with Crippen LogP contribution in [0.2, 0.25) is 0 Å². The van der Waals surface area contributed by atoms with Crippen LogP contribution in [0.1, 0.15) is 30.0 Å². The Morgan fingerprint density at radius 3 is 2.86 bits per heavy atom. The fraction of sp³-hybridized carbons (Fsp3) is 0.167. The van der Waals surface area contributed by atoms with Gasteiger partial charge in [0.2, 0.25) is 0 Å². The molecule has 2 aromatic carbocycles. The number of carbonyl (C=O) groups excluding carboxylic acids is 1. The van der Waals surface area contributed by atoms with E-state index >= 15 is 0 Å².